The fraction of sp³-hybridized carbons (Fsp3) is 0.567. The fourth-order valence-corrected chi connectivity index (χ4v) is 6.87. The Balaban J connectivity index is 1.70. The molecule has 1 aromatic carbocycles. The average Bonchev–Trinajstić information content (AvgIpc) is 3.18. The lowest BCUT2D eigenvalue weighted by Crippen LogP contribution is -2.59. The van der Waals surface area contributed by atoms with Gasteiger partial charge in [0.25, 0.3) is 5.91 Å². The molecule has 5 rings (SSSR count). The van der Waals surface area contributed by atoms with E-state index in [0.29, 0.717) is 19.4 Å². The summed E-state index contributed by atoms with van der Waals surface area (Å²) in [7, 11) is 0. The van der Waals surface area contributed by atoms with E-state index in [9.17, 15) is 19.5 Å². The second-order valence-corrected chi connectivity index (χ2v) is 11.7. The molecule has 0 radical (unpaired) electrons. The molecule has 2 saturated heterocycles. The fourth-order valence-electron chi connectivity index (χ4n) is 6.87. The average molecular weight is 523 g/mol. The molecule has 38 heavy (non-hydrogen) atoms. The summed E-state index contributed by atoms with van der Waals surface area (Å²) < 4.78 is 12.3. The summed E-state index contributed by atoms with van der Waals surface area (Å²) in [6.07, 6.45) is 8.52. The highest BCUT2D eigenvalue weighted by molar-refractivity contribution is 6.06. The van der Waals surface area contributed by atoms with Crippen molar-refractivity contribution in [3.8, 4) is 0 Å². The highest BCUT2D eigenvalue weighted by Gasteiger charge is 2.75. The van der Waals surface area contributed by atoms with Crippen molar-refractivity contribution in [3.63, 3.8) is 0 Å². The minimum absolute atomic E-state index is 0.170. The van der Waals surface area contributed by atoms with E-state index in [-0.39, 0.29) is 30.9 Å². The van der Waals surface area contributed by atoms with Crippen molar-refractivity contribution in [3.05, 3.63) is 53.6 Å². The smallest absolute Gasteiger partial charge is 0.313 e. The van der Waals surface area contributed by atoms with E-state index >= 15 is 0 Å². The number of ether oxygens (including phenoxy) is 2. The molecule has 204 valence electrons. The maximum absolute atomic E-state index is 14.6. The van der Waals surface area contributed by atoms with Crippen LogP contribution >= 0.6 is 0 Å². The van der Waals surface area contributed by atoms with E-state index in [1.165, 1.54) is 4.90 Å². The van der Waals surface area contributed by atoms with Gasteiger partial charge in [0, 0.05) is 12.2 Å². The second-order valence-electron chi connectivity index (χ2n) is 11.7. The van der Waals surface area contributed by atoms with Crippen LogP contribution in [0.4, 0.5) is 5.69 Å². The maximum Gasteiger partial charge on any atom is 0.313 e. The number of fused-ring (bicyclic) bond motifs is 2. The topological polar surface area (TPSA) is 96.4 Å². The van der Waals surface area contributed by atoms with Crippen LogP contribution in [0.2, 0.25) is 0 Å². The van der Waals surface area contributed by atoms with Crippen molar-refractivity contribution in [1.82, 2.24) is 4.90 Å². The van der Waals surface area contributed by atoms with Crippen molar-refractivity contribution >= 4 is 23.5 Å². The predicted molar refractivity (Wildman–Crippen MR) is 142 cm³/mol. The number of esters is 1. The largest absolute Gasteiger partial charge is 0.465 e. The minimum atomic E-state index is -1.38. The summed E-state index contributed by atoms with van der Waals surface area (Å²) in [5.74, 6) is -2.82. The van der Waals surface area contributed by atoms with Gasteiger partial charge in [0.05, 0.1) is 30.8 Å². The Morgan fingerprint density at radius 2 is 1.84 bits per heavy atom. The van der Waals surface area contributed by atoms with Gasteiger partial charge < -0.3 is 24.4 Å². The summed E-state index contributed by atoms with van der Waals surface area (Å²) in [5.41, 5.74) is 0.231. The van der Waals surface area contributed by atoms with Crippen molar-refractivity contribution in [2.75, 3.05) is 24.7 Å². The molecule has 0 saturated carbocycles. The van der Waals surface area contributed by atoms with E-state index in [2.05, 4.69) is 0 Å². The molecular weight excluding hydrogens is 484 g/mol. The van der Waals surface area contributed by atoms with Crippen LogP contribution < -0.4 is 4.90 Å². The number of aryl methyl sites for hydroxylation is 2. The van der Waals surface area contributed by atoms with Crippen LogP contribution in [0.15, 0.2) is 42.5 Å². The lowest BCUT2D eigenvalue weighted by Gasteiger charge is -2.40. The lowest BCUT2D eigenvalue weighted by atomic mass is 9.74. The van der Waals surface area contributed by atoms with E-state index < -0.39 is 41.1 Å². The van der Waals surface area contributed by atoms with Crippen LogP contribution in [0.5, 0.6) is 0 Å². The second kappa shape index (κ2) is 9.65. The SMILES string of the molecule is Cc1ccc(C)c(N2CC=C[C@]34O[C@@]5(C)C=CCCOC(=O)[C@H]5[C@H]3C(=O)N([C@@H](CO)CC(C)C)C4C2=O)c1. The van der Waals surface area contributed by atoms with Gasteiger partial charge >= 0.3 is 5.97 Å². The lowest BCUT2D eigenvalue weighted by molar-refractivity contribution is -0.160. The standard InChI is InChI=1S/C30H38N2O6/c1-18(2)15-21(17-33)32-25-27(35)31(22-16-19(3)9-10-20(22)4)13-8-12-30(25)23(26(32)34)24-28(36)37-14-7-6-11-29(24,5)38-30/h6,8-12,16,18,21,23-25,33H,7,13-15,17H2,1-5H3/t21-,23+,24-,25?,29+,30+/m1/s1. The van der Waals surface area contributed by atoms with Gasteiger partial charge in [-0.3, -0.25) is 14.4 Å². The highest BCUT2D eigenvalue weighted by atomic mass is 16.6. The van der Waals surface area contributed by atoms with Crippen LogP contribution in [-0.2, 0) is 23.9 Å². The van der Waals surface area contributed by atoms with Gasteiger partial charge in [0.15, 0.2) is 0 Å². The van der Waals surface area contributed by atoms with Gasteiger partial charge in [-0.2, -0.15) is 0 Å². The van der Waals surface area contributed by atoms with E-state index in [0.717, 1.165) is 16.8 Å². The van der Waals surface area contributed by atoms with Gasteiger partial charge in [-0.05, 0) is 56.7 Å². The summed E-state index contributed by atoms with van der Waals surface area (Å²) in [6.45, 7) is 9.99. The van der Waals surface area contributed by atoms with Gasteiger partial charge in [-0.15, -0.1) is 0 Å². The molecule has 2 amide bonds. The predicted octanol–water partition coefficient (Wildman–Crippen LogP) is 3.09. The number of benzene rings is 1. The Morgan fingerprint density at radius 3 is 2.55 bits per heavy atom. The Bertz CT molecular complexity index is 1210. The number of rotatable bonds is 5. The number of cyclic esters (lactones) is 1. The molecule has 0 aromatic heterocycles. The monoisotopic (exact) mass is 522 g/mol. The summed E-state index contributed by atoms with van der Waals surface area (Å²) in [4.78, 5) is 45.6. The van der Waals surface area contributed by atoms with Gasteiger partial charge in [-0.25, -0.2) is 0 Å². The first kappa shape index (κ1) is 26.6. The first-order chi connectivity index (χ1) is 18.0. The van der Waals surface area contributed by atoms with Crippen LogP contribution in [0.3, 0.4) is 0 Å². The maximum atomic E-state index is 14.6. The molecule has 8 heteroatoms. The summed E-state index contributed by atoms with van der Waals surface area (Å²) in [5, 5.41) is 10.5. The van der Waals surface area contributed by atoms with Crippen molar-refractivity contribution in [2.24, 2.45) is 17.8 Å². The summed E-state index contributed by atoms with van der Waals surface area (Å²) >= 11 is 0. The van der Waals surface area contributed by atoms with Crippen LogP contribution in [0, 0.1) is 31.6 Å². The number of hydrogen-bond acceptors (Lipinski definition) is 6. The molecule has 6 atom stereocenters. The molecule has 0 aliphatic carbocycles. The third kappa shape index (κ3) is 4.00. The molecule has 4 aliphatic rings. The molecule has 4 heterocycles. The van der Waals surface area contributed by atoms with Gasteiger partial charge in [-0.1, -0.05) is 50.3 Å². The Labute approximate surface area is 224 Å². The zero-order valence-corrected chi connectivity index (χ0v) is 22.8. The molecule has 1 N–H and O–H groups in total. The number of amides is 2. The third-order valence-electron chi connectivity index (χ3n) is 8.46. The molecule has 2 fully saturated rings. The normalized spacial score (nSPS) is 33.4. The number of likely N-dealkylation sites (tertiary alicyclic amines) is 1. The van der Waals surface area contributed by atoms with Crippen LogP contribution in [0.1, 0.15) is 44.7 Å². The molecule has 1 spiro atoms. The quantitative estimate of drug-likeness (QED) is 0.472. The Morgan fingerprint density at radius 1 is 1.08 bits per heavy atom. The number of carbonyl (C=O) groups is 3. The van der Waals surface area contributed by atoms with Gasteiger partial charge in [0.2, 0.25) is 5.91 Å². The number of anilines is 1. The number of carbonyl (C=O) groups excluding carboxylic acids is 3. The molecular formula is C30H38N2O6. The third-order valence-corrected chi connectivity index (χ3v) is 8.46. The van der Waals surface area contributed by atoms with Crippen LogP contribution in [0.25, 0.3) is 0 Å². The molecule has 8 nitrogen and oxygen atoms in total. The summed E-state index contributed by atoms with van der Waals surface area (Å²) in [6, 6.07) is 4.31. The Hall–Kier alpha value is -2.97. The molecule has 0 bridgehead atoms. The van der Waals surface area contributed by atoms with Gasteiger partial charge in [0.1, 0.15) is 17.6 Å². The van der Waals surface area contributed by atoms with Crippen LogP contribution in [-0.4, -0.2) is 70.8 Å². The van der Waals surface area contributed by atoms with Crippen molar-refractivity contribution < 1.29 is 29.0 Å². The van der Waals surface area contributed by atoms with Crippen molar-refractivity contribution in [2.45, 2.75) is 70.7 Å². The van der Waals surface area contributed by atoms with Crippen molar-refractivity contribution in [1.29, 1.82) is 0 Å². The molecule has 4 aliphatic heterocycles. The zero-order valence-electron chi connectivity index (χ0n) is 22.8. The first-order valence-electron chi connectivity index (χ1n) is 13.6. The molecule has 1 unspecified atom stereocenters. The van der Waals surface area contributed by atoms with E-state index in [1.54, 1.807) is 11.8 Å². The number of aliphatic hydroxyl groups excluding tert-OH is 1. The first-order valence-corrected chi connectivity index (χ1v) is 13.6. The Kier molecular flexibility index (Phi) is 6.76. The highest BCUT2D eigenvalue weighted by Crippen LogP contribution is 2.58. The van der Waals surface area contributed by atoms with E-state index in [1.807, 2.05) is 70.2 Å². The molecule has 1 aromatic rings. The van der Waals surface area contributed by atoms with E-state index in [4.69, 9.17) is 9.47 Å². The number of nitrogens with zero attached hydrogens (tertiary/aromatic N) is 2. The number of hydrogen-bond donors (Lipinski definition) is 1. The number of aliphatic hydroxyl groups is 1. The zero-order chi connectivity index (χ0) is 27.4. The minimum Gasteiger partial charge on any atom is -0.465 e.